The maximum Gasteiger partial charge on any atom is 0.160 e. The number of nitrogens with two attached hydrogens (primary N) is 1. The zero-order valence-electron chi connectivity index (χ0n) is 18.7. The van der Waals surface area contributed by atoms with Crippen molar-refractivity contribution in [2.24, 2.45) is 10.7 Å². The number of aliphatic imine (C=N–C) groups is 1. The zero-order valence-corrected chi connectivity index (χ0v) is 18.7. The fourth-order valence-electron chi connectivity index (χ4n) is 3.68. The van der Waals surface area contributed by atoms with Crippen LogP contribution in [0.2, 0.25) is 0 Å². The Hall–Kier alpha value is -4.07. The number of hydrogen-bond donors (Lipinski definition) is 2. The standard InChI is InChI=1S/C25H28N8/c1-19(26)17-22(27)29-24-18-25(31-23(30-24)8-7-20-5-3-2-4-6-20)33-15-13-32(14-16-33)21-9-11-28-12-10-21/h2-12,18,26H,13-17H2,1H3,(H2,27,29,30,31)/b8-7+,26-19?. The van der Waals surface area contributed by atoms with Gasteiger partial charge in [-0.25, -0.2) is 15.0 Å². The molecule has 0 spiro atoms. The van der Waals surface area contributed by atoms with E-state index in [0.29, 0.717) is 29.6 Å². The van der Waals surface area contributed by atoms with Gasteiger partial charge in [-0.15, -0.1) is 0 Å². The highest BCUT2D eigenvalue weighted by Gasteiger charge is 2.19. The van der Waals surface area contributed by atoms with Crippen molar-refractivity contribution in [1.29, 1.82) is 5.41 Å². The number of rotatable bonds is 7. The Balaban J connectivity index is 1.57. The summed E-state index contributed by atoms with van der Waals surface area (Å²) in [6.07, 6.45) is 7.84. The van der Waals surface area contributed by atoms with Crippen molar-refractivity contribution in [2.45, 2.75) is 13.3 Å². The summed E-state index contributed by atoms with van der Waals surface area (Å²) in [6.45, 7) is 5.15. The fourth-order valence-corrected chi connectivity index (χ4v) is 3.68. The van der Waals surface area contributed by atoms with Crippen LogP contribution in [0.25, 0.3) is 12.2 Å². The number of aromatic nitrogens is 3. The van der Waals surface area contributed by atoms with E-state index in [0.717, 1.165) is 37.6 Å². The number of hydrogen-bond acceptors (Lipinski definition) is 7. The van der Waals surface area contributed by atoms with E-state index >= 15 is 0 Å². The summed E-state index contributed by atoms with van der Waals surface area (Å²) in [4.78, 5) is 22.5. The van der Waals surface area contributed by atoms with Crippen molar-refractivity contribution in [2.75, 3.05) is 36.0 Å². The number of anilines is 2. The van der Waals surface area contributed by atoms with E-state index in [-0.39, 0.29) is 0 Å². The lowest BCUT2D eigenvalue weighted by Crippen LogP contribution is -2.46. The van der Waals surface area contributed by atoms with Gasteiger partial charge in [0.25, 0.3) is 0 Å². The maximum absolute atomic E-state index is 7.66. The molecule has 33 heavy (non-hydrogen) atoms. The predicted molar refractivity (Wildman–Crippen MR) is 135 cm³/mol. The molecule has 8 nitrogen and oxygen atoms in total. The van der Waals surface area contributed by atoms with E-state index in [1.165, 1.54) is 5.69 Å². The quantitative estimate of drug-likeness (QED) is 0.428. The van der Waals surface area contributed by atoms with E-state index in [1.807, 2.05) is 73.1 Å². The molecule has 3 heterocycles. The second kappa shape index (κ2) is 10.5. The summed E-state index contributed by atoms with van der Waals surface area (Å²) >= 11 is 0. The van der Waals surface area contributed by atoms with Crippen molar-refractivity contribution in [3.05, 3.63) is 72.3 Å². The van der Waals surface area contributed by atoms with Gasteiger partial charge in [0, 0.05) is 62.5 Å². The Labute approximate surface area is 194 Å². The molecule has 1 saturated heterocycles. The molecule has 0 saturated carbocycles. The van der Waals surface area contributed by atoms with Crippen LogP contribution in [-0.2, 0) is 0 Å². The lowest BCUT2D eigenvalue weighted by atomic mass is 10.2. The molecule has 4 rings (SSSR count). The normalized spacial score (nSPS) is 14.6. The minimum Gasteiger partial charge on any atom is -0.387 e. The summed E-state index contributed by atoms with van der Waals surface area (Å²) in [5.74, 6) is 2.27. The highest BCUT2D eigenvalue weighted by molar-refractivity contribution is 6.01. The summed E-state index contributed by atoms with van der Waals surface area (Å²) in [5, 5.41) is 7.66. The third-order valence-corrected chi connectivity index (χ3v) is 5.28. The molecule has 168 valence electrons. The molecule has 0 bridgehead atoms. The van der Waals surface area contributed by atoms with Crippen LogP contribution in [-0.4, -0.2) is 52.7 Å². The Bertz CT molecular complexity index is 1130. The molecule has 3 N–H and O–H groups in total. The van der Waals surface area contributed by atoms with Gasteiger partial charge < -0.3 is 20.9 Å². The molecule has 1 aliphatic rings. The second-order valence-electron chi connectivity index (χ2n) is 7.93. The Morgan fingerprint density at radius 1 is 1.00 bits per heavy atom. The van der Waals surface area contributed by atoms with Crippen LogP contribution in [0.4, 0.5) is 17.3 Å². The number of nitrogens with one attached hydrogen (secondary N) is 1. The molecule has 8 heteroatoms. The summed E-state index contributed by atoms with van der Waals surface area (Å²) in [7, 11) is 0. The summed E-state index contributed by atoms with van der Waals surface area (Å²) in [6, 6.07) is 16.0. The second-order valence-corrected chi connectivity index (χ2v) is 7.93. The van der Waals surface area contributed by atoms with Crippen LogP contribution in [0.3, 0.4) is 0 Å². The first-order valence-corrected chi connectivity index (χ1v) is 11.0. The molecular weight excluding hydrogens is 412 g/mol. The van der Waals surface area contributed by atoms with Gasteiger partial charge in [-0.2, -0.15) is 0 Å². The van der Waals surface area contributed by atoms with E-state index in [9.17, 15) is 0 Å². The average molecular weight is 441 g/mol. The van der Waals surface area contributed by atoms with Crippen LogP contribution in [0.5, 0.6) is 0 Å². The van der Waals surface area contributed by atoms with Gasteiger partial charge in [-0.1, -0.05) is 36.4 Å². The third kappa shape index (κ3) is 6.22. The first kappa shape index (κ1) is 22.1. The van der Waals surface area contributed by atoms with Gasteiger partial charge in [0.1, 0.15) is 11.7 Å². The largest absolute Gasteiger partial charge is 0.387 e. The lowest BCUT2D eigenvalue weighted by molar-refractivity contribution is 0.646. The molecular formula is C25H28N8. The van der Waals surface area contributed by atoms with Crippen LogP contribution in [0.15, 0.2) is 65.9 Å². The maximum atomic E-state index is 7.66. The number of piperazine rings is 1. The zero-order chi connectivity index (χ0) is 23.0. The molecule has 0 amide bonds. The highest BCUT2D eigenvalue weighted by atomic mass is 15.3. The molecule has 0 atom stereocenters. The van der Waals surface area contributed by atoms with Gasteiger partial charge in [-0.05, 0) is 30.7 Å². The summed E-state index contributed by atoms with van der Waals surface area (Å²) in [5.41, 5.74) is 8.75. The van der Waals surface area contributed by atoms with Crippen molar-refractivity contribution in [1.82, 2.24) is 15.0 Å². The van der Waals surface area contributed by atoms with E-state index in [1.54, 1.807) is 6.92 Å². The van der Waals surface area contributed by atoms with Gasteiger partial charge in [0.15, 0.2) is 11.6 Å². The van der Waals surface area contributed by atoms with Crippen LogP contribution in [0, 0.1) is 5.41 Å². The molecule has 0 aliphatic carbocycles. The number of nitrogens with zero attached hydrogens (tertiary/aromatic N) is 6. The van der Waals surface area contributed by atoms with Crippen molar-refractivity contribution >= 4 is 41.0 Å². The Morgan fingerprint density at radius 3 is 2.39 bits per heavy atom. The molecule has 0 radical (unpaired) electrons. The topological polar surface area (TPSA) is 107 Å². The van der Waals surface area contributed by atoms with E-state index < -0.39 is 0 Å². The van der Waals surface area contributed by atoms with Gasteiger partial charge in [0.2, 0.25) is 0 Å². The number of pyridine rings is 1. The Morgan fingerprint density at radius 2 is 1.70 bits per heavy atom. The van der Waals surface area contributed by atoms with Crippen LogP contribution in [0.1, 0.15) is 24.7 Å². The molecule has 1 aromatic carbocycles. The van der Waals surface area contributed by atoms with Crippen LogP contribution < -0.4 is 15.5 Å². The minimum absolute atomic E-state index is 0.319. The first-order chi connectivity index (χ1) is 16.1. The molecule has 3 aromatic rings. The number of benzene rings is 1. The van der Waals surface area contributed by atoms with Crippen LogP contribution >= 0.6 is 0 Å². The SMILES string of the molecule is CC(=N)CC(N)=Nc1cc(N2CCN(c3ccncc3)CC2)nc(/C=C/c2ccccc2)n1. The average Bonchev–Trinajstić information content (AvgIpc) is 2.83. The smallest absolute Gasteiger partial charge is 0.160 e. The first-order valence-electron chi connectivity index (χ1n) is 11.0. The van der Waals surface area contributed by atoms with Gasteiger partial charge in [0.05, 0.1) is 0 Å². The molecule has 1 aliphatic heterocycles. The highest BCUT2D eigenvalue weighted by Crippen LogP contribution is 2.23. The predicted octanol–water partition coefficient (Wildman–Crippen LogP) is 3.79. The summed E-state index contributed by atoms with van der Waals surface area (Å²) < 4.78 is 0. The number of amidine groups is 1. The lowest BCUT2D eigenvalue weighted by Gasteiger charge is -2.36. The van der Waals surface area contributed by atoms with Gasteiger partial charge >= 0.3 is 0 Å². The molecule has 2 aromatic heterocycles. The van der Waals surface area contributed by atoms with Gasteiger partial charge in [-0.3, -0.25) is 4.98 Å². The van der Waals surface area contributed by atoms with Crippen molar-refractivity contribution in [3.63, 3.8) is 0 Å². The van der Waals surface area contributed by atoms with Crippen molar-refractivity contribution in [3.8, 4) is 0 Å². The Kier molecular flexibility index (Phi) is 7.04. The molecule has 0 unspecified atom stereocenters. The fraction of sp³-hybridized carbons (Fsp3) is 0.240. The van der Waals surface area contributed by atoms with Crippen molar-refractivity contribution < 1.29 is 0 Å². The van der Waals surface area contributed by atoms with E-state index in [2.05, 4.69) is 24.8 Å². The molecule has 1 fully saturated rings. The third-order valence-electron chi connectivity index (χ3n) is 5.28. The minimum atomic E-state index is 0.319. The van der Waals surface area contributed by atoms with E-state index in [4.69, 9.17) is 16.1 Å². The monoisotopic (exact) mass is 440 g/mol.